The van der Waals surface area contributed by atoms with E-state index in [1.54, 1.807) is 0 Å². The first-order valence-corrected chi connectivity index (χ1v) is 2.80. The lowest BCUT2D eigenvalue weighted by Crippen LogP contribution is -2.07. The summed E-state index contributed by atoms with van der Waals surface area (Å²) >= 11 is 4.23. The lowest BCUT2D eigenvalue weighted by molar-refractivity contribution is 0.859. The molecule has 2 heteroatoms. The van der Waals surface area contributed by atoms with Gasteiger partial charge in [-0.2, -0.15) is 12.6 Å². The molecule has 6 heavy (non-hydrogen) atoms. The third-order valence-electron chi connectivity index (χ3n) is 1.03. The summed E-state index contributed by atoms with van der Waals surface area (Å²) in [5.74, 6) is 0. The zero-order chi connectivity index (χ0) is 4.41. The van der Waals surface area contributed by atoms with Crippen LogP contribution in [0.4, 0.5) is 0 Å². The summed E-state index contributed by atoms with van der Waals surface area (Å²) in [5, 5.41) is 3.83. The number of hydrogen-bond acceptors (Lipinski definition) is 2. The average molecular weight is 103 g/mol. The molecule has 0 bridgehead atoms. The first-order chi connectivity index (χ1) is 2.89. The van der Waals surface area contributed by atoms with Crippen LogP contribution in [-0.4, -0.2) is 18.3 Å². The van der Waals surface area contributed by atoms with Crippen LogP contribution in [-0.2, 0) is 0 Å². The monoisotopic (exact) mass is 103 g/mol. The Morgan fingerprint density at radius 2 is 2.50 bits per heavy atom. The Bertz CT molecular complexity index is 40.8. The molecule has 0 aromatic rings. The summed E-state index contributed by atoms with van der Waals surface area (Å²) in [6.45, 7) is 2.26. The molecule has 0 aromatic carbocycles. The van der Waals surface area contributed by atoms with Gasteiger partial charge in [-0.3, -0.25) is 0 Å². The maximum atomic E-state index is 4.23. The molecule has 1 aliphatic heterocycles. The zero-order valence-corrected chi connectivity index (χ0v) is 4.54. The van der Waals surface area contributed by atoms with Crippen LogP contribution in [0.1, 0.15) is 6.42 Å². The van der Waals surface area contributed by atoms with Crippen molar-refractivity contribution in [3.63, 3.8) is 0 Å². The summed E-state index contributed by atoms with van der Waals surface area (Å²) in [6.07, 6.45) is 1.24. The first-order valence-electron chi connectivity index (χ1n) is 2.28. The second-order valence-corrected chi connectivity index (χ2v) is 2.38. The van der Waals surface area contributed by atoms with E-state index >= 15 is 0 Å². The van der Waals surface area contributed by atoms with E-state index in [1.165, 1.54) is 6.42 Å². The lowest BCUT2D eigenvalue weighted by atomic mass is 10.4. The van der Waals surface area contributed by atoms with E-state index in [1.807, 2.05) is 0 Å². The van der Waals surface area contributed by atoms with Crippen molar-refractivity contribution >= 4 is 12.6 Å². The fraction of sp³-hybridized carbons (Fsp3) is 1.00. The van der Waals surface area contributed by atoms with E-state index in [4.69, 9.17) is 0 Å². The van der Waals surface area contributed by atoms with E-state index in [0.717, 1.165) is 13.1 Å². The van der Waals surface area contributed by atoms with Crippen molar-refractivity contribution in [3.05, 3.63) is 0 Å². The highest BCUT2D eigenvalue weighted by Gasteiger charge is 2.07. The molecule has 1 saturated heterocycles. The van der Waals surface area contributed by atoms with Gasteiger partial charge in [-0.25, -0.2) is 0 Å². The Kier molecular flexibility index (Phi) is 1.37. The Hall–Kier alpha value is 0.310. The summed E-state index contributed by atoms with van der Waals surface area (Å²) in [5.41, 5.74) is 0. The van der Waals surface area contributed by atoms with Crippen molar-refractivity contribution in [2.75, 3.05) is 13.1 Å². The number of hydrogen-bond donors (Lipinski definition) is 2. The molecule has 0 unspecified atom stereocenters. The van der Waals surface area contributed by atoms with Crippen LogP contribution >= 0.6 is 12.6 Å². The van der Waals surface area contributed by atoms with Gasteiger partial charge in [0.15, 0.2) is 0 Å². The molecule has 0 spiro atoms. The minimum absolute atomic E-state index is 0.630. The number of rotatable bonds is 0. The van der Waals surface area contributed by atoms with Crippen molar-refractivity contribution in [2.24, 2.45) is 0 Å². The molecule has 0 aromatic heterocycles. The molecule has 0 aliphatic carbocycles. The third-order valence-corrected chi connectivity index (χ3v) is 1.48. The van der Waals surface area contributed by atoms with E-state index < -0.39 is 0 Å². The van der Waals surface area contributed by atoms with Crippen LogP contribution in [0.5, 0.6) is 0 Å². The van der Waals surface area contributed by atoms with Gasteiger partial charge in [-0.1, -0.05) is 0 Å². The van der Waals surface area contributed by atoms with Gasteiger partial charge in [0.25, 0.3) is 0 Å². The highest BCUT2D eigenvalue weighted by atomic mass is 32.1. The SMILES string of the molecule is S[C@H]1CCNC1. The standard InChI is InChI=1S/C4H9NS/c6-4-1-2-5-3-4/h4-6H,1-3H2/t4-/m0/s1. The largest absolute Gasteiger partial charge is 0.316 e. The minimum atomic E-state index is 0.630. The number of nitrogens with one attached hydrogen (secondary N) is 1. The van der Waals surface area contributed by atoms with Crippen LogP contribution in [0.2, 0.25) is 0 Å². The lowest BCUT2D eigenvalue weighted by Gasteiger charge is -1.89. The first kappa shape index (κ1) is 4.47. The van der Waals surface area contributed by atoms with Gasteiger partial charge < -0.3 is 5.32 Å². The summed E-state index contributed by atoms with van der Waals surface area (Å²) in [4.78, 5) is 0. The van der Waals surface area contributed by atoms with Crippen molar-refractivity contribution < 1.29 is 0 Å². The van der Waals surface area contributed by atoms with Gasteiger partial charge in [-0.05, 0) is 13.0 Å². The summed E-state index contributed by atoms with van der Waals surface area (Å²) in [7, 11) is 0. The topological polar surface area (TPSA) is 12.0 Å². The Morgan fingerprint density at radius 1 is 1.67 bits per heavy atom. The van der Waals surface area contributed by atoms with E-state index in [-0.39, 0.29) is 0 Å². The van der Waals surface area contributed by atoms with Crippen LogP contribution < -0.4 is 5.32 Å². The van der Waals surface area contributed by atoms with Crippen molar-refractivity contribution in [1.82, 2.24) is 5.32 Å². The molecular formula is C4H9NS. The Morgan fingerprint density at radius 3 is 2.67 bits per heavy atom. The highest BCUT2D eigenvalue weighted by molar-refractivity contribution is 7.81. The van der Waals surface area contributed by atoms with Gasteiger partial charge >= 0.3 is 0 Å². The highest BCUT2D eigenvalue weighted by Crippen LogP contribution is 2.02. The fourth-order valence-electron chi connectivity index (χ4n) is 0.639. The fourth-order valence-corrected chi connectivity index (χ4v) is 0.898. The van der Waals surface area contributed by atoms with Crippen LogP contribution in [0.3, 0.4) is 0 Å². The quantitative estimate of drug-likeness (QED) is 0.420. The predicted molar refractivity (Wildman–Crippen MR) is 30.3 cm³/mol. The molecule has 1 fully saturated rings. The predicted octanol–water partition coefficient (Wildman–Crippen LogP) is 0.278. The smallest absolute Gasteiger partial charge is 0.0154 e. The maximum absolute atomic E-state index is 4.23. The Balaban J connectivity index is 2.18. The minimum Gasteiger partial charge on any atom is -0.316 e. The van der Waals surface area contributed by atoms with Crippen LogP contribution in [0.25, 0.3) is 0 Å². The van der Waals surface area contributed by atoms with Crippen molar-refractivity contribution in [2.45, 2.75) is 11.7 Å². The molecule has 0 amide bonds. The Labute approximate surface area is 43.5 Å². The molecule has 1 rings (SSSR count). The van der Waals surface area contributed by atoms with Gasteiger partial charge in [-0.15, -0.1) is 0 Å². The normalized spacial score (nSPS) is 34.5. The molecule has 36 valence electrons. The molecule has 0 radical (unpaired) electrons. The molecule has 1 heterocycles. The van der Waals surface area contributed by atoms with Gasteiger partial charge in [0.1, 0.15) is 0 Å². The molecule has 1 N–H and O–H groups in total. The number of thiol groups is 1. The molecule has 1 atom stereocenters. The van der Waals surface area contributed by atoms with Crippen LogP contribution in [0.15, 0.2) is 0 Å². The zero-order valence-electron chi connectivity index (χ0n) is 3.65. The molecule has 1 nitrogen and oxygen atoms in total. The van der Waals surface area contributed by atoms with E-state index in [0.29, 0.717) is 5.25 Å². The van der Waals surface area contributed by atoms with Gasteiger partial charge in [0, 0.05) is 11.8 Å². The van der Waals surface area contributed by atoms with E-state index in [9.17, 15) is 0 Å². The second-order valence-electron chi connectivity index (χ2n) is 1.65. The third kappa shape index (κ3) is 0.884. The maximum Gasteiger partial charge on any atom is 0.0154 e. The van der Waals surface area contributed by atoms with Gasteiger partial charge in [0.2, 0.25) is 0 Å². The van der Waals surface area contributed by atoms with Crippen LogP contribution in [0, 0.1) is 0 Å². The molecule has 0 saturated carbocycles. The van der Waals surface area contributed by atoms with Crippen molar-refractivity contribution in [1.29, 1.82) is 0 Å². The average Bonchev–Trinajstić information content (AvgIpc) is 1.86. The van der Waals surface area contributed by atoms with E-state index in [2.05, 4.69) is 17.9 Å². The second kappa shape index (κ2) is 1.85. The molecular weight excluding hydrogens is 94.1 g/mol. The summed E-state index contributed by atoms with van der Waals surface area (Å²) in [6, 6.07) is 0. The summed E-state index contributed by atoms with van der Waals surface area (Å²) < 4.78 is 0. The molecule has 1 aliphatic rings. The van der Waals surface area contributed by atoms with Crippen molar-refractivity contribution in [3.8, 4) is 0 Å². The van der Waals surface area contributed by atoms with Gasteiger partial charge in [0.05, 0.1) is 0 Å².